The number of aliphatic hydroxyl groups excluding tert-OH is 2. The Labute approximate surface area is 128 Å². The number of aliphatic carboxylic acids is 1. The Morgan fingerprint density at radius 3 is 2.27 bits per heavy atom. The average molecular weight is 308 g/mol. The number of carbonyl (C=O) groups excluding carboxylic acids is 1. The van der Waals surface area contributed by atoms with Gasteiger partial charge in [0.15, 0.2) is 0 Å². The second-order valence-electron chi connectivity index (χ2n) is 5.53. The third-order valence-electron chi connectivity index (χ3n) is 4.01. The highest BCUT2D eigenvalue weighted by molar-refractivity contribution is 5.84. The van der Waals surface area contributed by atoms with Crippen molar-refractivity contribution in [3.63, 3.8) is 0 Å². The van der Waals surface area contributed by atoms with Crippen molar-refractivity contribution in [1.29, 1.82) is 0 Å². The molecule has 6 nitrogen and oxygen atoms in total. The van der Waals surface area contributed by atoms with Crippen LogP contribution in [0, 0.1) is 0 Å². The van der Waals surface area contributed by atoms with Crippen LogP contribution in [0.4, 0.5) is 0 Å². The standard InChI is InChI=1S/C16H20O6/c1-2-22-13(18)9-12(17)14(19)10-3-5-11(6-4-10)16(7-8-16)15(20)21/h3-6,12,14,17,19H,2,7-9H2,1H3,(H,20,21). The van der Waals surface area contributed by atoms with Gasteiger partial charge in [-0.25, -0.2) is 0 Å². The van der Waals surface area contributed by atoms with E-state index in [0.29, 0.717) is 24.0 Å². The molecule has 22 heavy (non-hydrogen) atoms. The summed E-state index contributed by atoms with van der Waals surface area (Å²) in [7, 11) is 0. The van der Waals surface area contributed by atoms with Crippen LogP contribution in [0.3, 0.4) is 0 Å². The molecule has 0 radical (unpaired) electrons. The van der Waals surface area contributed by atoms with E-state index in [9.17, 15) is 24.9 Å². The van der Waals surface area contributed by atoms with Crippen LogP contribution in [0.2, 0.25) is 0 Å². The molecule has 120 valence electrons. The van der Waals surface area contributed by atoms with E-state index in [1.807, 2.05) is 0 Å². The number of aliphatic hydroxyl groups is 2. The third-order valence-corrected chi connectivity index (χ3v) is 4.01. The van der Waals surface area contributed by atoms with E-state index >= 15 is 0 Å². The molecule has 0 saturated heterocycles. The zero-order chi connectivity index (χ0) is 16.3. The van der Waals surface area contributed by atoms with E-state index in [0.717, 1.165) is 0 Å². The number of carboxylic acids is 1. The van der Waals surface area contributed by atoms with Crippen molar-refractivity contribution in [2.45, 2.75) is 43.8 Å². The van der Waals surface area contributed by atoms with Gasteiger partial charge in [0.1, 0.15) is 6.10 Å². The molecule has 6 heteroatoms. The number of ether oxygens (including phenoxy) is 1. The van der Waals surface area contributed by atoms with Crippen molar-refractivity contribution in [3.05, 3.63) is 35.4 Å². The summed E-state index contributed by atoms with van der Waals surface area (Å²) < 4.78 is 4.72. The predicted octanol–water partition coefficient (Wildman–Crippen LogP) is 1.15. The van der Waals surface area contributed by atoms with E-state index in [4.69, 9.17) is 4.74 Å². The van der Waals surface area contributed by atoms with Gasteiger partial charge in [0.25, 0.3) is 0 Å². The Morgan fingerprint density at radius 1 is 1.23 bits per heavy atom. The second kappa shape index (κ2) is 6.46. The molecule has 0 spiro atoms. The molecule has 2 rings (SSSR count). The van der Waals surface area contributed by atoms with E-state index in [-0.39, 0.29) is 13.0 Å². The fraction of sp³-hybridized carbons (Fsp3) is 0.500. The highest BCUT2D eigenvalue weighted by Gasteiger charge is 2.51. The Kier molecular flexibility index (Phi) is 4.83. The van der Waals surface area contributed by atoms with E-state index in [1.165, 1.54) is 0 Å². The lowest BCUT2D eigenvalue weighted by atomic mass is 9.93. The molecule has 1 aliphatic rings. The van der Waals surface area contributed by atoms with Gasteiger partial charge >= 0.3 is 11.9 Å². The first-order valence-corrected chi connectivity index (χ1v) is 7.26. The summed E-state index contributed by atoms with van der Waals surface area (Å²) in [5.74, 6) is -1.42. The first-order chi connectivity index (χ1) is 10.4. The van der Waals surface area contributed by atoms with Crippen LogP contribution in [-0.4, -0.2) is 40.0 Å². The topological polar surface area (TPSA) is 104 Å². The highest BCUT2D eigenvalue weighted by atomic mass is 16.5. The van der Waals surface area contributed by atoms with E-state index < -0.39 is 29.6 Å². The van der Waals surface area contributed by atoms with Gasteiger partial charge in [0.05, 0.1) is 24.5 Å². The number of benzene rings is 1. The number of hydrogen-bond donors (Lipinski definition) is 3. The van der Waals surface area contributed by atoms with Gasteiger partial charge in [-0.2, -0.15) is 0 Å². The zero-order valence-corrected chi connectivity index (χ0v) is 12.4. The number of esters is 1. The summed E-state index contributed by atoms with van der Waals surface area (Å²) in [6.07, 6.45) is -1.57. The second-order valence-corrected chi connectivity index (χ2v) is 5.53. The normalized spacial score (nSPS) is 18.3. The first kappa shape index (κ1) is 16.5. The zero-order valence-electron chi connectivity index (χ0n) is 12.4. The van der Waals surface area contributed by atoms with Gasteiger partial charge in [0, 0.05) is 0 Å². The molecule has 3 N–H and O–H groups in total. The molecule has 1 aliphatic carbocycles. The van der Waals surface area contributed by atoms with E-state index in [1.54, 1.807) is 31.2 Å². The Balaban J connectivity index is 2.04. The van der Waals surface area contributed by atoms with Crippen LogP contribution in [0.5, 0.6) is 0 Å². The van der Waals surface area contributed by atoms with Gasteiger partial charge < -0.3 is 20.1 Å². The molecule has 0 aromatic heterocycles. The minimum atomic E-state index is -1.26. The number of rotatable bonds is 7. The van der Waals surface area contributed by atoms with Crippen molar-refractivity contribution in [2.75, 3.05) is 6.61 Å². The molecule has 0 heterocycles. The fourth-order valence-electron chi connectivity index (χ4n) is 2.47. The molecule has 2 unspecified atom stereocenters. The van der Waals surface area contributed by atoms with Crippen LogP contribution >= 0.6 is 0 Å². The van der Waals surface area contributed by atoms with Gasteiger partial charge in [-0.15, -0.1) is 0 Å². The molecule has 0 aliphatic heterocycles. The monoisotopic (exact) mass is 308 g/mol. The molecule has 1 aromatic carbocycles. The van der Waals surface area contributed by atoms with Crippen LogP contribution in [-0.2, 0) is 19.7 Å². The smallest absolute Gasteiger partial charge is 0.314 e. The van der Waals surface area contributed by atoms with Crippen molar-refractivity contribution in [1.82, 2.24) is 0 Å². The van der Waals surface area contributed by atoms with E-state index in [2.05, 4.69) is 0 Å². The van der Waals surface area contributed by atoms with Crippen molar-refractivity contribution in [3.8, 4) is 0 Å². The lowest BCUT2D eigenvalue weighted by Crippen LogP contribution is -2.23. The summed E-state index contributed by atoms with van der Waals surface area (Å²) in [5.41, 5.74) is 0.324. The molecule has 0 bridgehead atoms. The minimum Gasteiger partial charge on any atom is -0.481 e. The lowest BCUT2D eigenvalue weighted by Gasteiger charge is -2.18. The summed E-state index contributed by atoms with van der Waals surface area (Å²) in [6, 6.07) is 6.46. The molecule has 1 aromatic rings. The van der Waals surface area contributed by atoms with Crippen LogP contribution in [0.25, 0.3) is 0 Å². The van der Waals surface area contributed by atoms with Crippen LogP contribution < -0.4 is 0 Å². The fourth-order valence-corrected chi connectivity index (χ4v) is 2.47. The molecular formula is C16H20O6. The summed E-state index contributed by atoms with van der Waals surface area (Å²) in [6.45, 7) is 1.88. The van der Waals surface area contributed by atoms with Gasteiger partial charge in [-0.05, 0) is 30.9 Å². The van der Waals surface area contributed by atoms with Crippen molar-refractivity contribution in [2.24, 2.45) is 0 Å². The van der Waals surface area contributed by atoms with Crippen LogP contribution in [0.15, 0.2) is 24.3 Å². The predicted molar refractivity (Wildman–Crippen MR) is 77.2 cm³/mol. The molecule has 1 saturated carbocycles. The maximum atomic E-state index is 11.3. The summed E-state index contributed by atoms with van der Waals surface area (Å²) >= 11 is 0. The summed E-state index contributed by atoms with van der Waals surface area (Å²) in [5, 5.41) is 29.1. The largest absolute Gasteiger partial charge is 0.481 e. The van der Waals surface area contributed by atoms with Crippen molar-refractivity contribution >= 4 is 11.9 Å². The average Bonchev–Trinajstić information content (AvgIpc) is 3.28. The maximum Gasteiger partial charge on any atom is 0.314 e. The maximum absolute atomic E-state index is 11.3. The minimum absolute atomic E-state index is 0.216. The van der Waals surface area contributed by atoms with Gasteiger partial charge in [0.2, 0.25) is 0 Å². The SMILES string of the molecule is CCOC(=O)CC(O)C(O)c1ccc(C2(C(=O)O)CC2)cc1. The number of hydrogen-bond acceptors (Lipinski definition) is 5. The first-order valence-electron chi connectivity index (χ1n) is 7.26. The quantitative estimate of drug-likeness (QED) is 0.653. The molecular weight excluding hydrogens is 288 g/mol. The Morgan fingerprint density at radius 2 is 1.82 bits per heavy atom. The Hall–Kier alpha value is -1.92. The molecule has 2 atom stereocenters. The number of carboxylic acid groups (broad SMARTS) is 1. The van der Waals surface area contributed by atoms with Crippen LogP contribution in [0.1, 0.15) is 43.4 Å². The summed E-state index contributed by atoms with van der Waals surface area (Å²) in [4.78, 5) is 22.6. The lowest BCUT2D eigenvalue weighted by molar-refractivity contribution is -0.147. The van der Waals surface area contributed by atoms with Crippen molar-refractivity contribution < 1.29 is 29.6 Å². The molecule has 0 amide bonds. The number of carbonyl (C=O) groups is 2. The molecule has 1 fully saturated rings. The van der Waals surface area contributed by atoms with Gasteiger partial charge in [-0.1, -0.05) is 24.3 Å². The third kappa shape index (κ3) is 3.28. The Bertz CT molecular complexity index is 546. The van der Waals surface area contributed by atoms with Gasteiger partial charge in [-0.3, -0.25) is 9.59 Å². The highest BCUT2D eigenvalue weighted by Crippen LogP contribution is 2.48.